The standard InChI is InChI=1S/C56H75N3O7/c1-33-24-34(27-37(25-33)55(63)19-22-65-23-20-55)26-36-31-59-32-38-43-44(50(4,28-40(61)47-49(2,3)66-47)15-10-35-30-58-45(36)46(35)59)39(60)29-54(43)13-9-14-56(38,64)48-52(6)16-12-42(62)51(5,18-21-57-8)41(52)11-17-53(48,54)7/h9,14,24-25,27,30-31,38,40-41,47-48,57-58,61,63-64H,10-13,15-23,26,28-29,32H2,1-8H3/t38-,40+,41-,47+,48+,50-,51-,52+,53-,54-,56+/m0/s1. The fourth-order valence-corrected chi connectivity index (χ4v) is 17.2. The highest BCUT2D eigenvalue weighted by atomic mass is 16.6. The number of aromatic amines is 1. The Labute approximate surface area is 391 Å². The van der Waals surface area contributed by atoms with Crippen molar-refractivity contribution in [3.63, 3.8) is 0 Å². The molecule has 6 aliphatic carbocycles. The number of ketones is 2. The number of ether oxygens (including phenoxy) is 2. The van der Waals surface area contributed by atoms with E-state index in [9.17, 15) is 20.1 Å². The van der Waals surface area contributed by atoms with Crippen LogP contribution in [0.15, 0.2) is 53.9 Å². The molecular formula is C56H75N3O7. The Bertz CT molecular complexity index is 2580. The lowest BCUT2D eigenvalue weighted by atomic mass is 9.32. The maximum Gasteiger partial charge on any atom is 0.160 e. The number of Topliss-reactive ketones (excluding diaryl/α,β-unsaturated/α-hetero) is 2. The second kappa shape index (κ2) is 14.8. The second-order valence-electron chi connectivity index (χ2n) is 24.5. The largest absolute Gasteiger partial charge is 0.390 e. The number of H-pyrrole nitrogens is 1. The monoisotopic (exact) mass is 902 g/mol. The summed E-state index contributed by atoms with van der Waals surface area (Å²) in [5.74, 6) is 0.00517. The van der Waals surface area contributed by atoms with E-state index in [1.165, 1.54) is 5.56 Å². The van der Waals surface area contributed by atoms with Gasteiger partial charge in [0.15, 0.2) is 5.78 Å². The Morgan fingerprint density at radius 3 is 2.47 bits per heavy atom. The average Bonchev–Trinajstić information content (AvgIpc) is 3.48. The number of allylic oxidation sites excluding steroid dienone is 2. The van der Waals surface area contributed by atoms with Crippen molar-refractivity contribution in [2.75, 3.05) is 26.8 Å². The van der Waals surface area contributed by atoms with Gasteiger partial charge in [0.05, 0.1) is 33.9 Å². The SMILES string of the molecule is CNCC[C@]1(C)C(=O)CC[C@@]2(C)[C@H]3[C@@]4(O)C=CC[C@@]5(CC(=O)C6=C5[C@@H]4Cn4cc(Cc5cc(C)cc(C7(O)CCOCC7)c5)c5[nH]cc(c54)CC[C@@]6(C)C[C@@H](O)[C@H]4OC4(C)C)[C@@]3(C)CC[C@H]21. The minimum atomic E-state index is -1.32. The Morgan fingerprint density at radius 2 is 1.74 bits per heavy atom. The van der Waals surface area contributed by atoms with Crippen molar-refractivity contribution in [3.05, 3.63) is 81.7 Å². The number of aliphatic hydroxyl groups excluding tert-OH is 1. The molecule has 0 radical (unpaired) electrons. The Balaban J connectivity index is 1.09. The summed E-state index contributed by atoms with van der Waals surface area (Å²) in [4.78, 5) is 33.5. The maximum atomic E-state index is 15.6. The van der Waals surface area contributed by atoms with Crippen molar-refractivity contribution in [2.24, 2.45) is 44.8 Å². The maximum absolute atomic E-state index is 15.6. The third-order valence-corrected chi connectivity index (χ3v) is 20.3. The van der Waals surface area contributed by atoms with Gasteiger partial charge in [-0.3, -0.25) is 9.59 Å². The van der Waals surface area contributed by atoms with Crippen molar-refractivity contribution in [3.8, 4) is 0 Å². The molecule has 0 unspecified atom stereocenters. The summed E-state index contributed by atoms with van der Waals surface area (Å²) in [6, 6.07) is 6.54. The van der Waals surface area contributed by atoms with Gasteiger partial charge in [0.1, 0.15) is 11.9 Å². The summed E-state index contributed by atoms with van der Waals surface area (Å²) in [5.41, 5.74) is 4.59. The highest BCUT2D eigenvalue weighted by Crippen LogP contribution is 2.80. The lowest BCUT2D eigenvalue weighted by Crippen LogP contribution is -2.71. The molecule has 3 aromatic rings. The van der Waals surface area contributed by atoms with E-state index in [4.69, 9.17) is 9.47 Å². The van der Waals surface area contributed by atoms with E-state index in [-0.39, 0.29) is 29.1 Å². The van der Waals surface area contributed by atoms with Crippen molar-refractivity contribution < 1.29 is 34.4 Å². The summed E-state index contributed by atoms with van der Waals surface area (Å²) in [6.45, 7) is 17.8. The number of carbonyl (C=O) groups is 2. The van der Waals surface area contributed by atoms with Crippen LogP contribution in [0.4, 0.5) is 0 Å². The van der Waals surface area contributed by atoms with E-state index in [2.05, 4.69) is 92.2 Å². The lowest BCUT2D eigenvalue weighted by molar-refractivity contribution is -0.245. The minimum Gasteiger partial charge on any atom is -0.390 e. The molecule has 1 aromatic carbocycles. The minimum absolute atomic E-state index is 0.0938. The van der Waals surface area contributed by atoms with E-state index in [1.807, 2.05) is 20.9 Å². The fraction of sp³-hybridized carbons (Fsp3) is 0.679. The molecule has 356 valence electrons. The third-order valence-electron chi connectivity index (χ3n) is 20.3. The van der Waals surface area contributed by atoms with Crippen LogP contribution < -0.4 is 5.32 Å². The molecule has 11 atom stereocenters. The molecule has 2 bridgehead atoms. The summed E-state index contributed by atoms with van der Waals surface area (Å²) in [7, 11) is 1.97. The summed E-state index contributed by atoms with van der Waals surface area (Å²) >= 11 is 0. The number of epoxide rings is 1. The first-order valence-electron chi connectivity index (χ1n) is 25.5. The molecule has 9 aliphatic rings. The Kier molecular flexibility index (Phi) is 10.1. The van der Waals surface area contributed by atoms with Gasteiger partial charge >= 0.3 is 0 Å². The van der Waals surface area contributed by atoms with Crippen LogP contribution in [-0.2, 0) is 44.1 Å². The summed E-state index contributed by atoms with van der Waals surface area (Å²) < 4.78 is 14.1. The molecule has 2 saturated heterocycles. The zero-order valence-electron chi connectivity index (χ0n) is 40.9. The van der Waals surface area contributed by atoms with Gasteiger partial charge in [-0.2, -0.15) is 0 Å². The molecule has 0 amide bonds. The molecular weight excluding hydrogens is 827 g/mol. The van der Waals surface area contributed by atoms with E-state index >= 15 is 4.79 Å². The molecule has 2 aromatic heterocycles. The van der Waals surface area contributed by atoms with Crippen LogP contribution in [0.3, 0.4) is 0 Å². The predicted molar refractivity (Wildman–Crippen MR) is 255 cm³/mol. The molecule has 5 heterocycles. The number of fused-ring (bicyclic) bond motifs is 2. The molecule has 1 spiro atoms. The average molecular weight is 902 g/mol. The number of hydrogen-bond donors (Lipinski definition) is 5. The number of carbonyl (C=O) groups excluding carboxylic acids is 2. The van der Waals surface area contributed by atoms with E-state index in [0.717, 1.165) is 76.7 Å². The number of nitrogens with one attached hydrogen (secondary N) is 2. The van der Waals surface area contributed by atoms with Gasteiger partial charge in [-0.15, -0.1) is 0 Å². The van der Waals surface area contributed by atoms with Crippen LogP contribution in [0.25, 0.3) is 11.0 Å². The van der Waals surface area contributed by atoms with Crippen LogP contribution in [0.5, 0.6) is 0 Å². The first kappa shape index (κ1) is 45.1. The number of rotatable bonds is 9. The number of benzene rings is 1. The molecule has 66 heavy (non-hydrogen) atoms. The van der Waals surface area contributed by atoms with E-state index in [0.29, 0.717) is 83.3 Å². The van der Waals surface area contributed by atoms with Crippen molar-refractivity contribution in [1.82, 2.24) is 14.9 Å². The summed E-state index contributed by atoms with van der Waals surface area (Å²) in [5, 5.41) is 41.7. The van der Waals surface area contributed by atoms with Gasteiger partial charge in [0.2, 0.25) is 0 Å². The molecule has 10 nitrogen and oxygen atoms in total. The zero-order chi connectivity index (χ0) is 46.6. The third kappa shape index (κ3) is 6.19. The molecule has 5 N–H and O–H groups in total. The number of nitrogens with zero attached hydrogens (tertiary/aromatic N) is 1. The van der Waals surface area contributed by atoms with Crippen molar-refractivity contribution >= 4 is 22.6 Å². The molecule has 5 fully saturated rings. The Morgan fingerprint density at radius 1 is 0.985 bits per heavy atom. The normalized spacial score (nSPS) is 40.2. The van der Waals surface area contributed by atoms with Gasteiger partial charge in [-0.25, -0.2) is 0 Å². The van der Waals surface area contributed by atoms with Crippen LogP contribution in [0.2, 0.25) is 0 Å². The van der Waals surface area contributed by atoms with E-state index < -0.39 is 50.5 Å². The van der Waals surface area contributed by atoms with Crippen molar-refractivity contribution in [1.29, 1.82) is 0 Å². The number of aliphatic hydroxyl groups is 3. The van der Waals surface area contributed by atoms with Gasteiger partial charge in [-0.1, -0.05) is 63.6 Å². The van der Waals surface area contributed by atoms with E-state index in [1.54, 1.807) is 0 Å². The zero-order valence-corrected chi connectivity index (χ0v) is 40.9. The molecule has 3 aliphatic heterocycles. The highest BCUT2D eigenvalue weighted by Gasteiger charge is 2.77. The van der Waals surface area contributed by atoms with Crippen LogP contribution >= 0.6 is 0 Å². The first-order valence-corrected chi connectivity index (χ1v) is 25.5. The highest BCUT2D eigenvalue weighted by molar-refractivity contribution is 6.02. The Hall–Kier alpha value is -3.38. The lowest BCUT2D eigenvalue weighted by Gasteiger charge is -2.72. The van der Waals surface area contributed by atoms with Gasteiger partial charge < -0.3 is 39.7 Å². The van der Waals surface area contributed by atoms with Crippen LogP contribution in [0.1, 0.15) is 140 Å². The number of aromatic nitrogens is 2. The van der Waals surface area contributed by atoms with Crippen LogP contribution in [0, 0.1) is 51.8 Å². The second-order valence-corrected chi connectivity index (χ2v) is 24.5. The molecule has 12 rings (SSSR count). The molecule has 10 heteroatoms. The number of hydrogen-bond acceptors (Lipinski definition) is 8. The molecule has 3 saturated carbocycles. The predicted octanol–water partition coefficient (Wildman–Crippen LogP) is 8.34. The first-order chi connectivity index (χ1) is 31.2. The topological polar surface area (TPSA) is 149 Å². The van der Waals surface area contributed by atoms with Crippen molar-refractivity contribution in [2.45, 2.75) is 167 Å². The summed E-state index contributed by atoms with van der Waals surface area (Å²) in [6.07, 6.45) is 16.2. The van der Waals surface area contributed by atoms with Crippen LogP contribution in [-0.4, -0.2) is 86.7 Å². The quantitative estimate of drug-likeness (QED) is 0.106. The number of aryl methyl sites for hydroxylation is 2. The van der Waals surface area contributed by atoms with Gasteiger partial charge in [0, 0.05) is 92.5 Å². The van der Waals surface area contributed by atoms with Gasteiger partial charge in [-0.05, 0) is 136 Å². The smallest absolute Gasteiger partial charge is 0.160 e. The fourth-order valence-electron chi connectivity index (χ4n) is 17.2. The van der Waals surface area contributed by atoms with Gasteiger partial charge in [0.25, 0.3) is 0 Å².